The third-order valence-electron chi connectivity index (χ3n) is 7.85. The minimum absolute atomic E-state index is 0.193. The number of methoxy groups -OCH3 is 1. The molecule has 1 amide bonds. The van der Waals surface area contributed by atoms with Crippen molar-refractivity contribution in [3.63, 3.8) is 0 Å². The second-order valence-corrected chi connectivity index (χ2v) is 11.4. The third-order valence-corrected chi connectivity index (χ3v) is 8.86. The Kier molecular flexibility index (Phi) is 7.51. The van der Waals surface area contributed by atoms with Crippen molar-refractivity contribution in [2.75, 3.05) is 39.8 Å². The molecule has 0 unspecified atom stereocenters. The van der Waals surface area contributed by atoms with Crippen LogP contribution in [-0.4, -0.2) is 66.2 Å². The van der Waals surface area contributed by atoms with Gasteiger partial charge in [-0.2, -0.15) is 0 Å². The fraction of sp³-hybridized carbons (Fsp3) is 0.448. The second-order valence-electron chi connectivity index (χ2n) is 10.4. The Hall–Kier alpha value is -3.08. The molecule has 2 fully saturated rings. The van der Waals surface area contributed by atoms with Crippen molar-refractivity contribution in [2.24, 2.45) is 0 Å². The standard InChI is InChI=1S/C29H33F2N5O2S/c1-38-26-16-25-27(15-21(26)28(37)33-10-3-11-35-12-7-19(30)8-13-35)39-29-34-24(17-36(25)29)20-6-5-18(14-22(20)31)23-4-2-9-32-23/h5-6,14-17,19,23,32H,2-4,7-13H2,1H3,(H,33,37)/t23-/m0/s1. The zero-order valence-electron chi connectivity index (χ0n) is 22.0. The maximum Gasteiger partial charge on any atom is 0.255 e. The van der Waals surface area contributed by atoms with Gasteiger partial charge in [0.15, 0.2) is 4.96 Å². The van der Waals surface area contributed by atoms with Crippen LogP contribution in [0.2, 0.25) is 0 Å². The van der Waals surface area contributed by atoms with Gasteiger partial charge >= 0.3 is 0 Å². The van der Waals surface area contributed by atoms with Crippen molar-refractivity contribution >= 4 is 32.4 Å². The molecule has 2 aliphatic rings. The summed E-state index contributed by atoms with van der Waals surface area (Å²) in [7, 11) is 1.55. The zero-order chi connectivity index (χ0) is 26.9. The minimum atomic E-state index is -0.679. The van der Waals surface area contributed by atoms with E-state index in [1.807, 2.05) is 34.9 Å². The number of aromatic nitrogens is 2. The van der Waals surface area contributed by atoms with Gasteiger partial charge in [0.25, 0.3) is 5.91 Å². The lowest BCUT2D eigenvalue weighted by molar-refractivity contribution is 0.0947. The number of hydrogen-bond acceptors (Lipinski definition) is 6. The molecule has 4 aromatic rings. The first-order chi connectivity index (χ1) is 19.0. The van der Waals surface area contributed by atoms with Gasteiger partial charge in [-0.1, -0.05) is 17.4 Å². The molecule has 0 bridgehead atoms. The molecule has 2 saturated heterocycles. The van der Waals surface area contributed by atoms with Gasteiger partial charge in [-0.05, 0) is 69.0 Å². The highest BCUT2D eigenvalue weighted by Gasteiger charge is 2.21. The average molecular weight is 554 g/mol. The van der Waals surface area contributed by atoms with Crippen LogP contribution >= 0.6 is 11.3 Å². The van der Waals surface area contributed by atoms with Crippen LogP contribution in [0.15, 0.2) is 36.5 Å². The number of imidazole rings is 1. The van der Waals surface area contributed by atoms with E-state index in [2.05, 4.69) is 15.5 Å². The Morgan fingerprint density at radius 1 is 1.23 bits per heavy atom. The quantitative estimate of drug-likeness (QED) is 0.288. The van der Waals surface area contributed by atoms with E-state index in [9.17, 15) is 9.18 Å². The number of nitrogens with one attached hydrogen (secondary N) is 2. The Labute approximate surface area is 230 Å². The van der Waals surface area contributed by atoms with E-state index in [0.717, 1.165) is 66.2 Å². The number of hydrogen-bond donors (Lipinski definition) is 2. The molecule has 206 valence electrons. The molecule has 2 aromatic carbocycles. The molecule has 2 N–H and O–H groups in total. The first-order valence-electron chi connectivity index (χ1n) is 13.7. The van der Waals surface area contributed by atoms with Gasteiger partial charge in [-0.15, -0.1) is 0 Å². The van der Waals surface area contributed by atoms with Gasteiger partial charge in [0.2, 0.25) is 0 Å². The second kappa shape index (κ2) is 11.2. The van der Waals surface area contributed by atoms with E-state index < -0.39 is 6.17 Å². The molecule has 1 atom stereocenters. The lowest BCUT2D eigenvalue weighted by atomic mass is 10.0. The number of carbonyl (C=O) groups is 1. The highest BCUT2D eigenvalue weighted by atomic mass is 32.1. The van der Waals surface area contributed by atoms with E-state index in [0.29, 0.717) is 42.0 Å². The average Bonchev–Trinajstić information content (AvgIpc) is 3.68. The summed E-state index contributed by atoms with van der Waals surface area (Å²) in [6, 6.07) is 9.29. The maximum atomic E-state index is 15.1. The Balaban J connectivity index is 1.18. The molecule has 0 spiro atoms. The summed E-state index contributed by atoms with van der Waals surface area (Å²) < 4.78 is 36.8. The highest BCUT2D eigenvalue weighted by Crippen LogP contribution is 2.35. The van der Waals surface area contributed by atoms with Crippen LogP contribution in [0.25, 0.3) is 26.4 Å². The third kappa shape index (κ3) is 5.37. The van der Waals surface area contributed by atoms with Gasteiger partial charge in [-0.25, -0.2) is 13.8 Å². The summed E-state index contributed by atoms with van der Waals surface area (Å²) in [5.41, 5.74) is 3.33. The Bertz CT molecular complexity index is 1490. The summed E-state index contributed by atoms with van der Waals surface area (Å²) in [5, 5.41) is 6.40. The van der Waals surface area contributed by atoms with Gasteiger partial charge in [0.05, 0.1) is 28.6 Å². The number of nitrogens with zero attached hydrogens (tertiary/aromatic N) is 3. The molecule has 39 heavy (non-hydrogen) atoms. The molecule has 0 saturated carbocycles. The maximum absolute atomic E-state index is 15.1. The smallest absolute Gasteiger partial charge is 0.255 e. The van der Waals surface area contributed by atoms with Gasteiger partial charge < -0.3 is 20.3 Å². The van der Waals surface area contributed by atoms with Crippen LogP contribution in [0, 0.1) is 5.82 Å². The summed E-state index contributed by atoms with van der Waals surface area (Å²) in [5.74, 6) is 0.00103. The molecule has 0 aliphatic carbocycles. The van der Waals surface area contributed by atoms with Crippen LogP contribution in [0.1, 0.15) is 54.1 Å². The summed E-state index contributed by atoms with van der Waals surface area (Å²) in [6.45, 7) is 3.89. The van der Waals surface area contributed by atoms with Gasteiger partial charge in [-0.3, -0.25) is 9.20 Å². The normalized spacial score (nSPS) is 18.8. The van der Waals surface area contributed by atoms with E-state index in [1.54, 1.807) is 13.2 Å². The lowest BCUT2D eigenvalue weighted by Gasteiger charge is -2.28. The van der Waals surface area contributed by atoms with Crippen LogP contribution in [-0.2, 0) is 0 Å². The molecular formula is C29H33F2N5O2S. The number of benzene rings is 2. The minimum Gasteiger partial charge on any atom is -0.496 e. The Morgan fingerprint density at radius 2 is 2.08 bits per heavy atom. The topological polar surface area (TPSA) is 70.9 Å². The number of rotatable bonds is 8. The van der Waals surface area contributed by atoms with Crippen molar-refractivity contribution in [1.29, 1.82) is 0 Å². The number of amides is 1. The first-order valence-corrected chi connectivity index (χ1v) is 14.5. The van der Waals surface area contributed by atoms with Crippen LogP contribution in [0.3, 0.4) is 0 Å². The summed E-state index contributed by atoms with van der Waals surface area (Å²) >= 11 is 1.45. The predicted molar refractivity (Wildman–Crippen MR) is 150 cm³/mol. The predicted octanol–water partition coefficient (Wildman–Crippen LogP) is 5.34. The first kappa shape index (κ1) is 26.2. The number of alkyl halides is 1. The summed E-state index contributed by atoms with van der Waals surface area (Å²) in [4.78, 5) is 20.7. The molecule has 6 rings (SSSR count). The van der Waals surface area contributed by atoms with Crippen molar-refractivity contribution < 1.29 is 18.3 Å². The molecule has 10 heteroatoms. The van der Waals surface area contributed by atoms with Gasteiger partial charge in [0, 0.05) is 43.5 Å². The largest absolute Gasteiger partial charge is 0.496 e. The molecule has 2 aromatic heterocycles. The van der Waals surface area contributed by atoms with Crippen molar-refractivity contribution in [3.8, 4) is 17.0 Å². The Morgan fingerprint density at radius 3 is 2.82 bits per heavy atom. The highest BCUT2D eigenvalue weighted by molar-refractivity contribution is 7.23. The SMILES string of the molecule is COc1cc2c(cc1C(=O)NCCCN1CCC(F)CC1)sc1nc(-c3ccc([C@@H]4CCCN4)cc3F)cn12. The molecule has 2 aliphatic heterocycles. The van der Waals surface area contributed by atoms with Gasteiger partial charge in [0.1, 0.15) is 17.7 Å². The fourth-order valence-electron chi connectivity index (χ4n) is 5.65. The van der Waals surface area contributed by atoms with Crippen molar-refractivity contribution in [1.82, 2.24) is 24.9 Å². The van der Waals surface area contributed by atoms with Crippen LogP contribution in [0.5, 0.6) is 5.75 Å². The molecular weight excluding hydrogens is 520 g/mol. The monoisotopic (exact) mass is 553 g/mol. The van der Waals surface area contributed by atoms with Crippen molar-refractivity contribution in [3.05, 3.63) is 53.5 Å². The number of likely N-dealkylation sites (tertiary alicyclic amines) is 1. The zero-order valence-corrected chi connectivity index (χ0v) is 22.8. The van der Waals surface area contributed by atoms with Crippen molar-refractivity contribution in [2.45, 2.75) is 44.3 Å². The number of carbonyl (C=O) groups excluding carboxylic acids is 1. The van der Waals surface area contributed by atoms with E-state index in [-0.39, 0.29) is 17.8 Å². The van der Waals surface area contributed by atoms with E-state index in [1.165, 1.54) is 11.3 Å². The number of fused-ring (bicyclic) bond motifs is 3. The molecule has 4 heterocycles. The molecule has 0 radical (unpaired) electrons. The number of thiazole rings is 1. The number of piperidine rings is 1. The lowest BCUT2D eigenvalue weighted by Crippen LogP contribution is -2.36. The van der Waals surface area contributed by atoms with E-state index in [4.69, 9.17) is 9.72 Å². The fourth-order valence-corrected chi connectivity index (χ4v) is 6.68. The van der Waals surface area contributed by atoms with Crippen LogP contribution < -0.4 is 15.4 Å². The van der Waals surface area contributed by atoms with E-state index >= 15 is 4.39 Å². The van der Waals surface area contributed by atoms with Crippen LogP contribution in [0.4, 0.5) is 8.78 Å². The summed E-state index contributed by atoms with van der Waals surface area (Å²) in [6.07, 6.45) is 5.27. The number of ether oxygens (including phenoxy) is 1. The molecule has 7 nitrogen and oxygen atoms in total. The number of halogens is 2.